The summed E-state index contributed by atoms with van der Waals surface area (Å²) in [5.74, 6) is -0.0122. The molecule has 2 aliphatic carbocycles. The number of nitrogens with zero attached hydrogens (tertiary/aromatic N) is 4. The van der Waals surface area contributed by atoms with Gasteiger partial charge in [0.25, 0.3) is 0 Å². The second-order valence-corrected chi connectivity index (χ2v) is 5.63. The molecule has 2 saturated carbocycles. The van der Waals surface area contributed by atoms with Crippen molar-refractivity contribution in [1.29, 1.82) is 0 Å². The van der Waals surface area contributed by atoms with Gasteiger partial charge in [-0.2, -0.15) is 0 Å². The van der Waals surface area contributed by atoms with Crippen molar-refractivity contribution in [3.63, 3.8) is 0 Å². The first-order chi connectivity index (χ1) is 9.61. The summed E-state index contributed by atoms with van der Waals surface area (Å²) in [5.41, 5.74) is 6.16. The van der Waals surface area contributed by atoms with E-state index in [0.29, 0.717) is 17.6 Å². The van der Waals surface area contributed by atoms with Crippen LogP contribution in [-0.4, -0.2) is 53.7 Å². The molecule has 0 unspecified atom stereocenters. The molecule has 2 fully saturated rings. The molecule has 2 aliphatic rings. The first-order valence-corrected chi connectivity index (χ1v) is 6.52. The molecule has 8 heteroatoms. The molecule has 5 N–H and O–H groups in total. The molecule has 0 amide bonds. The molecular weight excluding hydrogens is 262 g/mol. The second-order valence-electron chi connectivity index (χ2n) is 5.63. The molecule has 5 atom stereocenters. The molecule has 4 rings (SSSR count). The Hall–Kier alpha value is -1.77. The zero-order valence-electron chi connectivity index (χ0n) is 10.6. The number of aliphatic hydroxyl groups is 3. The number of anilines is 1. The van der Waals surface area contributed by atoms with Gasteiger partial charge in [-0.25, -0.2) is 15.0 Å². The smallest absolute Gasteiger partial charge is 0.166 e. The first kappa shape index (κ1) is 12.0. The number of imidazole rings is 1. The van der Waals surface area contributed by atoms with Crippen LogP contribution in [0.5, 0.6) is 0 Å². The van der Waals surface area contributed by atoms with Crippen LogP contribution in [-0.2, 0) is 5.54 Å². The van der Waals surface area contributed by atoms with Crippen LogP contribution < -0.4 is 5.73 Å². The van der Waals surface area contributed by atoms with Crippen molar-refractivity contribution in [3.8, 4) is 0 Å². The molecule has 2 aromatic rings. The van der Waals surface area contributed by atoms with Crippen molar-refractivity contribution in [2.45, 2.75) is 24.2 Å². The zero-order chi connectivity index (χ0) is 14.1. The number of hydrogen-bond donors (Lipinski definition) is 4. The van der Waals surface area contributed by atoms with E-state index in [1.807, 2.05) is 0 Å². The van der Waals surface area contributed by atoms with E-state index in [9.17, 15) is 15.3 Å². The Balaban J connectivity index is 1.87. The van der Waals surface area contributed by atoms with Crippen LogP contribution in [0.15, 0.2) is 12.7 Å². The van der Waals surface area contributed by atoms with Gasteiger partial charge in [0, 0.05) is 12.5 Å². The maximum Gasteiger partial charge on any atom is 0.166 e. The van der Waals surface area contributed by atoms with Crippen molar-refractivity contribution < 1.29 is 15.3 Å². The van der Waals surface area contributed by atoms with Crippen molar-refractivity contribution in [1.82, 2.24) is 19.5 Å². The van der Waals surface area contributed by atoms with Crippen LogP contribution in [0, 0.1) is 11.8 Å². The number of nitrogens with two attached hydrogens (primary N) is 1. The van der Waals surface area contributed by atoms with Crippen LogP contribution in [0.3, 0.4) is 0 Å². The Kier molecular flexibility index (Phi) is 2.20. The van der Waals surface area contributed by atoms with E-state index in [4.69, 9.17) is 5.73 Å². The van der Waals surface area contributed by atoms with Crippen LogP contribution in [0.1, 0.15) is 6.42 Å². The number of aliphatic hydroxyl groups excluding tert-OH is 3. The lowest BCUT2D eigenvalue weighted by atomic mass is 10.0. The number of nitrogen functional groups attached to an aromatic ring is 1. The number of hydrogen-bond acceptors (Lipinski definition) is 7. The molecule has 0 saturated heterocycles. The van der Waals surface area contributed by atoms with E-state index in [2.05, 4.69) is 15.0 Å². The quantitative estimate of drug-likeness (QED) is 0.523. The Labute approximate surface area is 113 Å². The average molecular weight is 277 g/mol. The minimum absolute atomic E-state index is 0.0195. The summed E-state index contributed by atoms with van der Waals surface area (Å²) < 4.78 is 1.77. The Morgan fingerprint density at radius 3 is 2.85 bits per heavy atom. The second kappa shape index (κ2) is 3.66. The van der Waals surface area contributed by atoms with Gasteiger partial charge in [-0.3, -0.25) is 0 Å². The molecule has 0 spiro atoms. The third kappa shape index (κ3) is 1.19. The fourth-order valence-electron chi connectivity index (χ4n) is 3.74. The largest absolute Gasteiger partial charge is 0.396 e. The maximum atomic E-state index is 10.4. The minimum atomic E-state index is -0.946. The summed E-state index contributed by atoms with van der Waals surface area (Å²) in [6.45, 7) is -0.144. The summed E-state index contributed by atoms with van der Waals surface area (Å²) >= 11 is 0. The summed E-state index contributed by atoms with van der Waals surface area (Å²) in [4.78, 5) is 12.3. The maximum absolute atomic E-state index is 10.4. The number of aromatic nitrogens is 4. The van der Waals surface area contributed by atoms with Crippen LogP contribution in [0.4, 0.5) is 5.82 Å². The third-order valence-electron chi connectivity index (χ3n) is 4.84. The average Bonchev–Trinajstić information content (AvgIpc) is 2.93. The Morgan fingerprint density at radius 2 is 2.15 bits per heavy atom. The summed E-state index contributed by atoms with van der Waals surface area (Å²) in [5, 5.41) is 29.8. The number of fused-ring (bicyclic) bond motifs is 2. The predicted molar refractivity (Wildman–Crippen MR) is 68.4 cm³/mol. The summed E-state index contributed by atoms with van der Waals surface area (Å²) in [7, 11) is 0. The highest BCUT2D eigenvalue weighted by Crippen LogP contribution is 2.64. The first-order valence-electron chi connectivity index (χ1n) is 6.52. The van der Waals surface area contributed by atoms with Crippen molar-refractivity contribution in [2.75, 3.05) is 12.3 Å². The van der Waals surface area contributed by atoms with Crippen LogP contribution >= 0.6 is 0 Å². The van der Waals surface area contributed by atoms with Gasteiger partial charge in [0.1, 0.15) is 17.9 Å². The highest BCUT2D eigenvalue weighted by Gasteiger charge is 2.72. The SMILES string of the molecule is Nc1ncnc2c1ncn2[C@]12C[C@H]1[C@H](CO)[C@@H](O)[C@H]2O. The molecule has 0 aliphatic heterocycles. The fraction of sp³-hybridized carbons (Fsp3) is 0.583. The lowest BCUT2D eigenvalue weighted by Gasteiger charge is -2.23. The predicted octanol–water partition coefficient (Wildman–Crippen LogP) is -1.53. The molecular formula is C12H15N5O3. The summed E-state index contributed by atoms with van der Waals surface area (Å²) in [6, 6.07) is 0. The molecule has 2 heterocycles. The molecule has 20 heavy (non-hydrogen) atoms. The standard InChI is InChI=1S/C12H15N5O3/c13-10-7-11(15-3-14-10)17(4-16-7)12-1-6(12)5(2-18)8(19)9(12)20/h3-6,8-9,18-20H,1-2H2,(H2,13,14,15)/t5-,6-,8+,9+,12+/m0/s1. The van der Waals surface area contributed by atoms with Gasteiger partial charge in [-0.15, -0.1) is 0 Å². The van der Waals surface area contributed by atoms with E-state index in [-0.39, 0.29) is 24.3 Å². The van der Waals surface area contributed by atoms with E-state index < -0.39 is 17.7 Å². The molecule has 106 valence electrons. The Bertz CT molecular complexity index is 689. The normalized spacial score (nSPS) is 39.1. The van der Waals surface area contributed by atoms with E-state index in [1.165, 1.54) is 6.33 Å². The third-order valence-corrected chi connectivity index (χ3v) is 4.84. The molecule has 2 aromatic heterocycles. The van der Waals surface area contributed by atoms with Gasteiger partial charge in [0.2, 0.25) is 0 Å². The van der Waals surface area contributed by atoms with Gasteiger partial charge < -0.3 is 25.6 Å². The van der Waals surface area contributed by atoms with E-state index in [0.717, 1.165) is 0 Å². The van der Waals surface area contributed by atoms with Gasteiger partial charge in [-0.05, 0) is 12.3 Å². The Morgan fingerprint density at radius 1 is 1.35 bits per heavy atom. The van der Waals surface area contributed by atoms with Gasteiger partial charge in [-0.1, -0.05) is 0 Å². The molecule has 0 aromatic carbocycles. The molecule has 0 bridgehead atoms. The van der Waals surface area contributed by atoms with Crippen LogP contribution in [0.2, 0.25) is 0 Å². The number of rotatable bonds is 2. The van der Waals surface area contributed by atoms with Gasteiger partial charge in [0.15, 0.2) is 11.5 Å². The van der Waals surface area contributed by atoms with Crippen molar-refractivity contribution in [3.05, 3.63) is 12.7 Å². The minimum Gasteiger partial charge on any atom is -0.396 e. The van der Waals surface area contributed by atoms with Crippen molar-refractivity contribution >= 4 is 17.0 Å². The van der Waals surface area contributed by atoms with E-state index >= 15 is 0 Å². The summed E-state index contributed by atoms with van der Waals surface area (Å²) in [6.07, 6.45) is 1.73. The van der Waals surface area contributed by atoms with Crippen LogP contribution in [0.25, 0.3) is 11.2 Å². The monoisotopic (exact) mass is 277 g/mol. The molecule has 0 radical (unpaired) electrons. The van der Waals surface area contributed by atoms with E-state index in [1.54, 1.807) is 10.9 Å². The van der Waals surface area contributed by atoms with Gasteiger partial charge in [0.05, 0.1) is 18.0 Å². The fourth-order valence-corrected chi connectivity index (χ4v) is 3.74. The molecule has 8 nitrogen and oxygen atoms in total. The zero-order valence-corrected chi connectivity index (χ0v) is 10.6. The topological polar surface area (TPSA) is 130 Å². The highest BCUT2D eigenvalue weighted by atomic mass is 16.3. The van der Waals surface area contributed by atoms with Crippen molar-refractivity contribution in [2.24, 2.45) is 11.8 Å². The van der Waals surface area contributed by atoms with Gasteiger partial charge >= 0.3 is 0 Å². The highest BCUT2D eigenvalue weighted by molar-refractivity contribution is 5.81. The lowest BCUT2D eigenvalue weighted by molar-refractivity contribution is -0.0272. The lowest BCUT2D eigenvalue weighted by Crippen LogP contribution is -2.38.